The van der Waals surface area contributed by atoms with Crippen molar-refractivity contribution in [2.75, 3.05) is 37.1 Å². The Morgan fingerprint density at radius 1 is 0.690 bits per heavy atom. The lowest BCUT2D eigenvalue weighted by Crippen LogP contribution is -2.15. The third kappa shape index (κ3) is 6.73. The molecule has 18 heteroatoms. The van der Waals surface area contributed by atoms with Gasteiger partial charge in [0.15, 0.2) is 23.0 Å². The van der Waals surface area contributed by atoms with E-state index in [1.807, 2.05) is 0 Å². The van der Waals surface area contributed by atoms with E-state index in [1.54, 1.807) is 36.4 Å². The van der Waals surface area contributed by atoms with Crippen molar-refractivity contribution < 1.29 is 28.8 Å². The standard InChI is InChI=1S/C20H17N5O6.C4HCl2N3O2/c26-25(27)14-11-21-20(23-13-2-4-16-18(10-13)31-8-6-29-16)24-19(14)22-12-1-3-15-17(9-12)30-7-5-28-15;5-3-2(9(10)11)1-7-4(6)8-3/h1-4,9-11H,5-8H2,(H2,21,22,23,24);1H. The van der Waals surface area contributed by atoms with Crippen molar-refractivity contribution in [3.63, 3.8) is 0 Å². The normalized spacial score (nSPS) is 12.8. The molecule has 216 valence electrons. The summed E-state index contributed by atoms with van der Waals surface area (Å²) in [6, 6.07) is 10.5. The maximum atomic E-state index is 11.5. The van der Waals surface area contributed by atoms with Crippen molar-refractivity contribution in [2.45, 2.75) is 0 Å². The second-order valence-electron chi connectivity index (χ2n) is 8.22. The molecule has 16 nitrogen and oxygen atoms in total. The van der Waals surface area contributed by atoms with E-state index in [-0.39, 0.29) is 33.6 Å². The Morgan fingerprint density at radius 3 is 1.76 bits per heavy atom. The van der Waals surface area contributed by atoms with Crippen LogP contribution in [0.3, 0.4) is 0 Å². The number of hydrogen-bond acceptors (Lipinski definition) is 14. The lowest BCUT2D eigenvalue weighted by molar-refractivity contribution is -0.385. The molecule has 0 aliphatic carbocycles. The Bertz CT molecular complexity index is 1660. The van der Waals surface area contributed by atoms with E-state index in [4.69, 9.17) is 42.1 Å². The molecule has 0 amide bonds. The summed E-state index contributed by atoms with van der Waals surface area (Å²) in [5, 5.41) is 27.2. The van der Waals surface area contributed by atoms with E-state index in [0.29, 0.717) is 60.8 Å². The second kappa shape index (κ2) is 12.5. The monoisotopic (exact) mass is 616 g/mol. The quantitative estimate of drug-likeness (QED) is 0.125. The molecule has 4 aromatic rings. The van der Waals surface area contributed by atoms with Crippen molar-refractivity contribution in [1.82, 2.24) is 19.9 Å². The van der Waals surface area contributed by atoms with Gasteiger partial charge in [-0.15, -0.1) is 0 Å². The van der Waals surface area contributed by atoms with Crippen LogP contribution in [0.1, 0.15) is 0 Å². The summed E-state index contributed by atoms with van der Waals surface area (Å²) in [5.74, 6) is 2.66. The third-order valence-corrected chi connectivity index (χ3v) is 5.92. The zero-order chi connectivity index (χ0) is 29.6. The summed E-state index contributed by atoms with van der Waals surface area (Å²) in [7, 11) is 0. The number of anilines is 4. The van der Waals surface area contributed by atoms with Crippen LogP contribution in [-0.2, 0) is 0 Å². The van der Waals surface area contributed by atoms with Gasteiger partial charge in [-0.3, -0.25) is 20.2 Å². The first-order chi connectivity index (χ1) is 20.3. The molecule has 0 spiro atoms. The van der Waals surface area contributed by atoms with Gasteiger partial charge in [-0.1, -0.05) is 11.6 Å². The first-order valence-corrected chi connectivity index (χ1v) is 12.7. The molecular weight excluding hydrogens is 599 g/mol. The number of ether oxygens (including phenoxy) is 4. The highest BCUT2D eigenvalue weighted by Crippen LogP contribution is 2.36. The predicted molar refractivity (Wildman–Crippen MR) is 149 cm³/mol. The zero-order valence-corrected chi connectivity index (χ0v) is 22.7. The summed E-state index contributed by atoms with van der Waals surface area (Å²) in [6.07, 6.45) is 2.10. The van der Waals surface area contributed by atoms with Crippen LogP contribution >= 0.6 is 23.2 Å². The summed E-state index contributed by atoms with van der Waals surface area (Å²) >= 11 is 10.6. The van der Waals surface area contributed by atoms with Gasteiger partial charge in [0.05, 0.1) is 9.85 Å². The number of halogens is 2. The number of fused-ring (bicyclic) bond motifs is 2. The minimum atomic E-state index is -0.682. The Hall–Kier alpha value is -5.22. The second-order valence-corrected chi connectivity index (χ2v) is 8.92. The minimum Gasteiger partial charge on any atom is -0.486 e. The van der Waals surface area contributed by atoms with Crippen LogP contribution in [0.2, 0.25) is 10.4 Å². The van der Waals surface area contributed by atoms with E-state index in [0.717, 1.165) is 12.4 Å². The Balaban J connectivity index is 0.000000271. The topological polar surface area (TPSA) is 199 Å². The summed E-state index contributed by atoms with van der Waals surface area (Å²) < 4.78 is 22.1. The average molecular weight is 617 g/mol. The van der Waals surface area contributed by atoms with Gasteiger partial charge in [0, 0.05) is 23.5 Å². The van der Waals surface area contributed by atoms with Gasteiger partial charge >= 0.3 is 11.4 Å². The highest BCUT2D eigenvalue weighted by atomic mass is 35.5. The molecule has 6 rings (SSSR count). The summed E-state index contributed by atoms with van der Waals surface area (Å²) in [4.78, 5) is 35.5. The number of rotatable bonds is 6. The fourth-order valence-electron chi connectivity index (χ4n) is 3.63. The van der Waals surface area contributed by atoms with E-state index in [2.05, 4.69) is 30.6 Å². The molecule has 2 aromatic carbocycles. The van der Waals surface area contributed by atoms with Crippen LogP contribution in [0, 0.1) is 20.2 Å². The molecule has 0 saturated heterocycles. The average Bonchev–Trinajstić information content (AvgIpc) is 2.97. The van der Waals surface area contributed by atoms with Crippen molar-refractivity contribution >= 4 is 57.7 Å². The highest BCUT2D eigenvalue weighted by molar-refractivity contribution is 6.33. The molecule has 2 N–H and O–H groups in total. The molecule has 42 heavy (non-hydrogen) atoms. The molecule has 4 heterocycles. The molecule has 0 unspecified atom stereocenters. The Kier molecular flexibility index (Phi) is 8.44. The molecule has 0 radical (unpaired) electrons. The summed E-state index contributed by atoms with van der Waals surface area (Å²) in [5.41, 5.74) is 0.610. The molecule has 2 aromatic heterocycles. The minimum absolute atomic E-state index is 0.0386. The van der Waals surface area contributed by atoms with Crippen molar-refractivity contribution in [2.24, 2.45) is 0 Å². The number of aromatic nitrogens is 4. The largest absolute Gasteiger partial charge is 0.486 e. The number of nitro groups is 2. The van der Waals surface area contributed by atoms with E-state index in [1.165, 1.54) is 0 Å². The van der Waals surface area contributed by atoms with Gasteiger partial charge in [0.25, 0.3) is 0 Å². The molecule has 2 aliphatic rings. The van der Waals surface area contributed by atoms with Gasteiger partial charge in [0.2, 0.25) is 22.2 Å². The molecule has 0 bridgehead atoms. The highest BCUT2D eigenvalue weighted by Gasteiger charge is 2.20. The van der Waals surface area contributed by atoms with Gasteiger partial charge in [-0.05, 0) is 35.9 Å². The molecule has 0 atom stereocenters. The zero-order valence-electron chi connectivity index (χ0n) is 21.2. The first-order valence-electron chi connectivity index (χ1n) is 11.9. The number of nitrogens with one attached hydrogen (secondary N) is 2. The van der Waals surface area contributed by atoms with E-state index >= 15 is 0 Å². The van der Waals surface area contributed by atoms with Gasteiger partial charge in [0.1, 0.15) is 38.8 Å². The number of benzene rings is 2. The smallest absolute Gasteiger partial charge is 0.329 e. The van der Waals surface area contributed by atoms with Crippen LogP contribution in [0.4, 0.5) is 34.5 Å². The lowest BCUT2D eigenvalue weighted by Gasteiger charge is -2.19. The van der Waals surface area contributed by atoms with Gasteiger partial charge in [-0.2, -0.15) is 9.97 Å². The number of nitrogens with zero attached hydrogens (tertiary/aromatic N) is 6. The predicted octanol–water partition coefficient (Wildman–Crippen LogP) is 5.11. The van der Waals surface area contributed by atoms with Crippen LogP contribution in [0.25, 0.3) is 0 Å². The van der Waals surface area contributed by atoms with Crippen molar-refractivity contribution in [3.8, 4) is 23.0 Å². The van der Waals surface area contributed by atoms with Crippen LogP contribution < -0.4 is 29.6 Å². The van der Waals surface area contributed by atoms with Crippen molar-refractivity contribution in [3.05, 3.63) is 79.5 Å². The van der Waals surface area contributed by atoms with E-state index in [9.17, 15) is 20.2 Å². The van der Waals surface area contributed by atoms with E-state index < -0.39 is 9.85 Å². The molecule has 0 saturated carbocycles. The Labute approximate surface area is 245 Å². The van der Waals surface area contributed by atoms with Crippen molar-refractivity contribution in [1.29, 1.82) is 0 Å². The van der Waals surface area contributed by atoms with Crippen LogP contribution in [0.5, 0.6) is 23.0 Å². The molecule has 0 fully saturated rings. The van der Waals surface area contributed by atoms with Crippen LogP contribution in [-0.4, -0.2) is 56.2 Å². The van der Waals surface area contributed by atoms with Crippen LogP contribution in [0.15, 0.2) is 48.8 Å². The molecule has 2 aliphatic heterocycles. The fourth-order valence-corrected chi connectivity index (χ4v) is 4.00. The Morgan fingerprint density at radius 2 is 1.21 bits per heavy atom. The van der Waals surface area contributed by atoms with Gasteiger partial charge in [-0.25, -0.2) is 9.97 Å². The maximum Gasteiger partial charge on any atom is 0.329 e. The summed E-state index contributed by atoms with van der Waals surface area (Å²) in [6.45, 7) is 1.88. The first kappa shape index (κ1) is 28.3. The fraction of sp³-hybridized carbons (Fsp3) is 0.167. The number of hydrogen-bond donors (Lipinski definition) is 2. The lowest BCUT2D eigenvalue weighted by atomic mass is 10.2. The van der Waals surface area contributed by atoms with Gasteiger partial charge < -0.3 is 29.6 Å². The maximum absolute atomic E-state index is 11.5. The third-order valence-electron chi connectivity index (χ3n) is 5.46. The SMILES string of the molecule is O=[N+]([O-])c1cnc(Cl)nc1Cl.O=[N+]([O-])c1cnc(Nc2ccc3c(c2)OCCO3)nc1Nc1ccc2c(c1)OCCO2. The molecular formula is C24H18Cl2N8O8.